The summed E-state index contributed by atoms with van der Waals surface area (Å²) in [5, 5.41) is 24.5. The van der Waals surface area contributed by atoms with Crippen LogP contribution in [0, 0.1) is 0 Å². The third-order valence-electron chi connectivity index (χ3n) is 4.74. The number of nitrogens with one attached hydrogen (secondary N) is 2. The van der Waals surface area contributed by atoms with Crippen molar-refractivity contribution in [3.05, 3.63) is 48.0 Å². The van der Waals surface area contributed by atoms with Gasteiger partial charge in [0.1, 0.15) is 12.1 Å². The fourth-order valence-corrected chi connectivity index (χ4v) is 3.02. The number of amides is 2. The molecule has 0 saturated heterocycles. The van der Waals surface area contributed by atoms with Crippen molar-refractivity contribution >= 4 is 34.5 Å². The third-order valence-corrected chi connectivity index (χ3v) is 4.74. The Morgan fingerprint density at radius 3 is 2.16 bits per heavy atom. The highest BCUT2D eigenvalue weighted by atomic mass is 16.4. The van der Waals surface area contributed by atoms with Crippen LogP contribution in [0.2, 0.25) is 0 Å². The Balaban J connectivity index is 1.97. The predicted molar refractivity (Wildman–Crippen MR) is 113 cm³/mol. The molecular formula is C21H26N4O6. The van der Waals surface area contributed by atoms with Gasteiger partial charge in [0.25, 0.3) is 0 Å². The van der Waals surface area contributed by atoms with Crippen LogP contribution in [0.4, 0.5) is 0 Å². The second kappa shape index (κ2) is 11.0. The molecule has 10 nitrogen and oxygen atoms in total. The van der Waals surface area contributed by atoms with Crippen molar-refractivity contribution < 1.29 is 29.4 Å². The van der Waals surface area contributed by atoms with Gasteiger partial charge in [-0.05, 0) is 29.2 Å². The normalized spacial score (nSPS) is 13.7. The lowest BCUT2D eigenvalue weighted by Gasteiger charge is -2.21. The van der Waals surface area contributed by atoms with Crippen molar-refractivity contribution in [2.24, 2.45) is 11.5 Å². The topological polar surface area (TPSA) is 185 Å². The van der Waals surface area contributed by atoms with Crippen LogP contribution < -0.4 is 22.1 Å². The molecule has 0 aliphatic carbocycles. The molecule has 10 heteroatoms. The highest BCUT2D eigenvalue weighted by Crippen LogP contribution is 2.16. The van der Waals surface area contributed by atoms with Crippen LogP contribution in [0.25, 0.3) is 10.8 Å². The molecular weight excluding hydrogens is 404 g/mol. The van der Waals surface area contributed by atoms with Gasteiger partial charge in [0.15, 0.2) is 0 Å². The Bertz CT molecular complexity index is 964. The summed E-state index contributed by atoms with van der Waals surface area (Å²) in [5.41, 5.74) is 12.4. The second-order valence-electron chi connectivity index (χ2n) is 7.12. The predicted octanol–water partition coefficient (Wildman–Crippen LogP) is -0.413. The first-order valence-electron chi connectivity index (χ1n) is 9.70. The summed E-state index contributed by atoms with van der Waals surface area (Å²) in [5.74, 6) is -4.02. The smallest absolute Gasteiger partial charge is 0.326 e. The van der Waals surface area contributed by atoms with Crippen molar-refractivity contribution in [3.63, 3.8) is 0 Å². The van der Waals surface area contributed by atoms with Gasteiger partial charge < -0.3 is 32.3 Å². The van der Waals surface area contributed by atoms with E-state index >= 15 is 0 Å². The molecule has 0 bridgehead atoms. The number of benzene rings is 2. The minimum absolute atomic E-state index is 0.228. The molecule has 0 radical (unpaired) electrons. The maximum absolute atomic E-state index is 12.5. The average molecular weight is 430 g/mol. The Morgan fingerprint density at radius 1 is 0.903 bits per heavy atom. The lowest BCUT2D eigenvalue weighted by molar-refractivity contribution is -0.143. The lowest BCUT2D eigenvalue weighted by Crippen LogP contribution is -2.57. The minimum atomic E-state index is -1.42. The van der Waals surface area contributed by atoms with E-state index in [1.165, 1.54) is 0 Å². The zero-order chi connectivity index (χ0) is 23.0. The van der Waals surface area contributed by atoms with E-state index in [1.54, 1.807) is 0 Å². The fourth-order valence-electron chi connectivity index (χ4n) is 3.02. The molecule has 0 saturated carbocycles. The highest BCUT2D eigenvalue weighted by Gasteiger charge is 2.27. The molecule has 2 rings (SSSR count). The lowest BCUT2D eigenvalue weighted by atomic mass is 10.0. The molecule has 2 amide bonds. The number of carbonyl (C=O) groups excluding carboxylic acids is 2. The van der Waals surface area contributed by atoms with Gasteiger partial charge in [-0.25, -0.2) is 4.79 Å². The number of aliphatic carboxylic acids is 2. The van der Waals surface area contributed by atoms with Gasteiger partial charge in [0.05, 0.1) is 6.04 Å². The van der Waals surface area contributed by atoms with Crippen molar-refractivity contribution in [1.82, 2.24) is 10.6 Å². The van der Waals surface area contributed by atoms with Gasteiger partial charge in [-0.2, -0.15) is 0 Å². The standard InChI is InChI=1S/C21H26N4O6/c22-11-17(20(29)24-16(21(30)31)7-8-18(26)27)25-19(28)15(23)10-12-5-6-13-3-1-2-4-14(13)9-12/h1-6,9,15-17H,7-8,10-11,22-23H2,(H,24,29)(H,25,28)(H,26,27)(H,30,31)/t15-,16+,17+/m0/s1. The molecule has 166 valence electrons. The van der Waals surface area contributed by atoms with Gasteiger partial charge in [-0.15, -0.1) is 0 Å². The minimum Gasteiger partial charge on any atom is -0.481 e. The molecule has 0 fully saturated rings. The molecule has 0 aliphatic heterocycles. The number of nitrogens with two attached hydrogens (primary N) is 2. The number of hydrogen-bond acceptors (Lipinski definition) is 6. The summed E-state index contributed by atoms with van der Waals surface area (Å²) in [6, 6.07) is 9.89. The highest BCUT2D eigenvalue weighted by molar-refractivity contribution is 5.92. The molecule has 3 atom stereocenters. The maximum Gasteiger partial charge on any atom is 0.326 e. The Hall–Kier alpha value is -3.50. The van der Waals surface area contributed by atoms with E-state index in [2.05, 4.69) is 10.6 Å². The fraction of sp³-hybridized carbons (Fsp3) is 0.333. The molecule has 0 heterocycles. The first-order valence-corrected chi connectivity index (χ1v) is 9.70. The summed E-state index contributed by atoms with van der Waals surface area (Å²) in [6.45, 7) is -0.286. The first kappa shape index (κ1) is 23.8. The SMILES string of the molecule is NC[C@@H](NC(=O)[C@@H](N)Cc1ccc2ccccc2c1)C(=O)N[C@H](CCC(=O)O)C(=O)O. The molecule has 8 N–H and O–H groups in total. The van der Waals surface area contributed by atoms with E-state index in [1.807, 2.05) is 42.5 Å². The van der Waals surface area contributed by atoms with Gasteiger partial charge in [0, 0.05) is 13.0 Å². The molecule has 0 aromatic heterocycles. The molecule has 0 unspecified atom stereocenters. The monoisotopic (exact) mass is 430 g/mol. The number of carbonyl (C=O) groups is 4. The van der Waals surface area contributed by atoms with E-state index in [-0.39, 0.29) is 19.4 Å². The summed E-state index contributed by atoms with van der Waals surface area (Å²) in [7, 11) is 0. The molecule has 0 spiro atoms. The third kappa shape index (κ3) is 7.05. The Labute approximate surface area is 178 Å². The second-order valence-corrected chi connectivity index (χ2v) is 7.12. The first-order chi connectivity index (χ1) is 14.7. The summed E-state index contributed by atoms with van der Waals surface area (Å²) in [4.78, 5) is 46.7. The van der Waals surface area contributed by atoms with E-state index in [0.717, 1.165) is 16.3 Å². The van der Waals surface area contributed by atoms with Crippen LogP contribution in [0.1, 0.15) is 18.4 Å². The summed E-state index contributed by atoms with van der Waals surface area (Å²) in [6.07, 6.45) is -0.511. The summed E-state index contributed by atoms with van der Waals surface area (Å²) < 4.78 is 0. The molecule has 2 aromatic rings. The zero-order valence-electron chi connectivity index (χ0n) is 16.8. The van der Waals surface area contributed by atoms with Gasteiger partial charge in [0.2, 0.25) is 11.8 Å². The largest absolute Gasteiger partial charge is 0.481 e. The van der Waals surface area contributed by atoms with E-state index in [9.17, 15) is 19.2 Å². The van der Waals surface area contributed by atoms with Crippen LogP contribution >= 0.6 is 0 Å². The quantitative estimate of drug-likeness (QED) is 0.278. The van der Waals surface area contributed by atoms with Gasteiger partial charge in [-0.3, -0.25) is 14.4 Å². The van der Waals surface area contributed by atoms with Crippen molar-refractivity contribution in [1.29, 1.82) is 0 Å². The maximum atomic E-state index is 12.5. The van der Waals surface area contributed by atoms with E-state index < -0.39 is 48.3 Å². The molecule has 31 heavy (non-hydrogen) atoms. The van der Waals surface area contributed by atoms with Crippen molar-refractivity contribution in [2.45, 2.75) is 37.4 Å². The summed E-state index contributed by atoms with van der Waals surface area (Å²) >= 11 is 0. The number of fused-ring (bicyclic) bond motifs is 1. The van der Waals surface area contributed by atoms with Crippen molar-refractivity contribution in [2.75, 3.05) is 6.54 Å². The van der Waals surface area contributed by atoms with Gasteiger partial charge >= 0.3 is 11.9 Å². The van der Waals surface area contributed by atoms with Gasteiger partial charge in [-0.1, -0.05) is 42.5 Å². The van der Waals surface area contributed by atoms with Crippen LogP contribution in [-0.2, 0) is 25.6 Å². The Kier molecular flexibility index (Phi) is 8.47. The van der Waals surface area contributed by atoms with Crippen LogP contribution in [0.15, 0.2) is 42.5 Å². The number of rotatable bonds is 11. The Morgan fingerprint density at radius 2 is 1.55 bits per heavy atom. The zero-order valence-corrected chi connectivity index (χ0v) is 16.8. The van der Waals surface area contributed by atoms with E-state index in [0.29, 0.717) is 0 Å². The van der Waals surface area contributed by atoms with Crippen molar-refractivity contribution in [3.8, 4) is 0 Å². The molecule has 2 aromatic carbocycles. The number of carboxylic acids is 2. The van der Waals surface area contributed by atoms with Crippen LogP contribution in [-0.4, -0.2) is 58.6 Å². The average Bonchev–Trinajstić information content (AvgIpc) is 2.73. The van der Waals surface area contributed by atoms with E-state index in [4.69, 9.17) is 21.7 Å². The number of hydrogen-bond donors (Lipinski definition) is 6. The number of carboxylic acid groups (broad SMARTS) is 2. The molecule has 0 aliphatic rings. The van der Waals surface area contributed by atoms with Crippen LogP contribution in [0.5, 0.6) is 0 Å². The van der Waals surface area contributed by atoms with Crippen LogP contribution in [0.3, 0.4) is 0 Å².